The Morgan fingerprint density at radius 1 is 0.900 bits per heavy atom. The number of benzene rings is 1. The van der Waals surface area contributed by atoms with E-state index < -0.39 is 0 Å². The minimum Gasteiger partial charge on any atom is -0.326 e. The molecule has 1 saturated heterocycles. The average Bonchev–Trinajstić information content (AvgIpc) is 3.53. The van der Waals surface area contributed by atoms with Crippen LogP contribution in [0.2, 0.25) is 0 Å². The molecule has 0 spiro atoms. The molecule has 1 heterocycles. The molecule has 156 valence electrons. The van der Waals surface area contributed by atoms with Gasteiger partial charge in [0.05, 0.1) is 11.8 Å². The first-order valence-corrected chi connectivity index (χ1v) is 11.9. The van der Waals surface area contributed by atoms with Crippen molar-refractivity contribution in [3.8, 4) is 0 Å². The van der Waals surface area contributed by atoms with Gasteiger partial charge < -0.3 is 5.32 Å². The summed E-state index contributed by atoms with van der Waals surface area (Å²) in [4.78, 5) is 40.8. The van der Waals surface area contributed by atoms with Crippen LogP contribution in [0.25, 0.3) is 0 Å². The minimum atomic E-state index is -0.116. The molecule has 6 atom stereocenters. The Hall–Kier alpha value is -1.95. The van der Waals surface area contributed by atoms with Crippen molar-refractivity contribution in [3.63, 3.8) is 0 Å². The number of amides is 3. The lowest BCUT2D eigenvalue weighted by Gasteiger charge is -2.37. The van der Waals surface area contributed by atoms with Gasteiger partial charge >= 0.3 is 0 Å². The fourth-order valence-corrected chi connectivity index (χ4v) is 6.98. The van der Waals surface area contributed by atoms with Crippen LogP contribution in [0, 0.1) is 41.4 Å². The molecular formula is C24H25BrN2O3. The van der Waals surface area contributed by atoms with Gasteiger partial charge in [-0.1, -0.05) is 28.1 Å². The molecule has 4 fully saturated rings. The van der Waals surface area contributed by atoms with Crippen LogP contribution in [0.1, 0.15) is 32.1 Å². The van der Waals surface area contributed by atoms with Crippen LogP contribution in [-0.2, 0) is 14.4 Å². The number of hydrogen-bond acceptors (Lipinski definition) is 3. The van der Waals surface area contributed by atoms with E-state index in [0.717, 1.165) is 35.8 Å². The molecule has 5 nitrogen and oxygen atoms in total. The van der Waals surface area contributed by atoms with Crippen LogP contribution in [0.15, 0.2) is 40.9 Å². The number of nitrogens with one attached hydrogen (secondary N) is 1. The summed E-state index contributed by atoms with van der Waals surface area (Å²) in [5.41, 5.74) is 0.792. The number of rotatable bonds is 3. The quantitative estimate of drug-likeness (QED) is 0.538. The first-order valence-electron chi connectivity index (χ1n) is 11.1. The number of imide groups is 1. The fourth-order valence-electron chi connectivity index (χ4n) is 6.71. The number of anilines is 1. The summed E-state index contributed by atoms with van der Waals surface area (Å²) in [7, 11) is 0. The third-order valence-corrected chi connectivity index (χ3v) is 8.77. The second-order valence-electron chi connectivity index (χ2n) is 9.70. The molecule has 3 saturated carbocycles. The number of nitrogens with zero attached hydrogens (tertiary/aromatic N) is 1. The third kappa shape index (κ3) is 2.75. The molecule has 6 heteroatoms. The Bertz CT molecular complexity index is 914. The Labute approximate surface area is 184 Å². The number of likely N-dealkylation sites (tertiary alicyclic amines) is 1. The second kappa shape index (κ2) is 6.78. The molecule has 7 rings (SSSR count). The summed E-state index contributed by atoms with van der Waals surface area (Å²) in [5.74, 6) is 1.70. The van der Waals surface area contributed by atoms with Crippen molar-refractivity contribution >= 4 is 39.3 Å². The second-order valence-corrected chi connectivity index (χ2v) is 10.6. The lowest BCUT2D eigenvalue weighted by Crippen LogP contribution is -2.44. The predicted octanol–water partition coefficient (Wildman–Crippen LogP) is 4.00. The summed E-state index contributed by atoms with van der Waals surface area (Å²) in [6, 6.07) is 7.53. The number of carbonyl (C=O) groups is 3. The van der Waals surface area contributed by atoms with Crippen LogP contribution < -0.4 is 5.32 Å². The van der Waals surface area contributed by atoms with Gasteiger partial charge in [0, 0.05) is 22.1 Å². The third-order valence-electron chi connectivity index (χ3n) is 8.24. The molecule has 1 aliphatic heterocycles. The molecule has 1 aromatic rings. The number of carbonyl (C=O) groups excluding carboxylic acids is 3. The van der Waals surface area contributed by atoms with Crippen molar-refractivity contribution in [2.75, 3.05) is 5.32 Å². The molecule has 1 N–H and O–H groups in total. The molecule has 1 aromatic carbocycles. The number of hydrogen-bond donors (Lipinski definition) is 1. The fraction of sp³-hybridized carbons (Fsp3) is 0.542. The summed E-state index contributed by atoms with van der Waals surface area (Å²) in [5, 5.41) is 3.00. The maximum absolute atomic E-state index is 13.3. The Kier molecular flexibility index (Phi) is 4.24. The summed E-state index contributed by atoms with van der Waals surface area (Å²) in [6.07, 6.45) is 8.52. The average molecular weight is 469 g/mol. The smallest absolute Gasteiger partial charge is 0.233 e. The van der Waals surface area contributed by atoms with Crippen LogP contribution in [0.3, 0.4) is 0 Å². The summed E-state index contributed by atoms with van der Waals surface area (Å²) in [6.45, 7) is 0. The van der Waals surface area contributed by atoms with E-state index in [1.807, 2.05) is 24.3 Å². The molecule has 5 aliphatic carbocycles. The monoisotopic (exact) mass is 468 g/mol. The Morgan fingerprint density at radius 2 is 1.47 bits per heavy atom. The van der Waals surface area contributed by atoms with Gasteiger partial charge in [0.1, 0.15) is 0 Å². The highest BCUT2D eigenvalue weighted by atomic mass is 79.9. The molecule has 0 unspecified atom stereocenters. The van der Waals surface area contributed by atoms with Gasteiger partial charge in [-0.05, 0) is 80.0 Å². The van der Waals surface area contributed by atoms with E-state index in [1.165, 1.54) is 6.42 Å². The minimum absolute atomic E-state index is 0.0332. The highest BCUT2D eigenvalue weighted by molar-refractivity contribution is 9.10. The standard InChI is InChI=1S/C24H25BrN2O3/c25-13-3-5-14(6-4-13)26-22(28)12-1-7-15(8-2-12)27-23(29)20-16-9-10-17(19-11-18(16)19)21(20)24(27)30/h3-6,9-10,12,15-21H,1-2,7-8,11H2,(H,26,28)/t12?,15?,16-,17+,18-,19-,20+,21+/m1/s1. The molecular weight excluding hydrogens is 444 g/mol. The first kappa shape index (κ1) is 18.8. The molecule has 3 amide bonds. The van der Waals surface area contributed by atoms with Gasteiger partial charge in [0.15, 0.2) is 0 Å². The highest BCUT2D eigenvalue weighted by Gasteiger charge is 2.67. The van der Waals surface area contributed by atoms with E-state index in [4.69, 9.17) is 0 Å². The molecule has 6 aliphatic rings. The van der Waals surface area contributed by atoms with E-state index in [1.54, 1.807) is 4.90 Å². The Morgan fingerprint density at radius 3 is 2.03 bits per heavy atom. The lowest BCUT2D eigenvalue weighted by atomic mass is 9.63. The normalized spacial score (nSPS) is 40.9. The maximum atomic E-state index is 13.3. The molecule has 30 heavy (non-hydrogen) atoms. The van der Waals surface area contributed by atoms with Crippen molar-refractivity contribution in [2.45, 2.75) is 38.1 Å². The van der Waals surface area contributed by atoms with Crippen LogP contribution in [-0.4, -0.2) is 28.7 Å². The van der Waals surface area contributed by atoms with E-state index in [2.05, 4.69) is 33.4 Å². The summed E-state index contributed by atoms with van der Waals surface area (Å²) < 4.78 is 0.975. The van der Waals surface area contributed by atoms with Crippen LogP contribution in [0.4, 0.5) is 5.69 Å². The zero-order chi connectivity index (χ0) is 20.6. The van der Waals surface area contributed by atoms with Gasteiger partial charge in [-0.25, -0.2) is 0 Å². The first-order chi connectivity index (χ1) is 14.5. The van der Waals surface area contributed by atoms with Crippen molar-refractivity contribution in [1.29, 1.82) is 0 Å². The SMILES string of the molecule is O=C(Nc1ccc(Br)cc1)C1CCC(N2C(=O)[C@H]3[C@@H]4C=C[C@@H]([C@H]5C[C@H]45)[C@@H]3C2=O)CC1. The lowest BCUT2D eigenvalue weighted by molar-refractivity contribution is -0.144. The van der Waals surface area contributed by atoms with E-state index in [0.29, 0.717) is 11.8 Å². The zero-order valence-corrected chi connectivity index (χ0v) is 18.3. The Balaban J connectivity index is 1.11. The van der Waals surface area contributed by atoms with Gasteiger partial charge in [-0.3, -0.25) is 19.3 Å². The number of allylic oxidation sites excluding steroid dienone is 2. The van der Waals surface area contributed by atoms with Crippen LogP contribution in [0.5, 0.6) is 0 Å². The molecule has 0 radical (unpaired) electrons. The zero-order valence-electron chi connectivity index (χ0n) is 16.7. The maximum Gasteiger partial charge on any atom is 0.233 e. The van der Waals surface area contributed by atoms with Crippen molar-refractivity contribution < 1.29 is 14.4 Å². The van der Waals surface area contributed by atoms with E-state index in [-0.39, 0.29) is 53.4 Å². The van der Waals surface area contributed by atoms with Crippen LogP contribution >= 0.6 is 15.9 Å². The van der Waals surface area contributed by atoms with E-state index in [9.17, 15) is 14.4 Å². The van der Waals surface area contributed by atoms with Crippen molar-refractivity contribution in [1.82, 2.24) is 4.90 Å². The number of halogens is 1. The van der Waals surface area contributed by atoms with Gasteiger partial charge in [0.25, 0.3) is 0 Å². The topological polar surface area (TPSA) is 66.5 Å². The van der Waals surface area contributed by atoms with Crippen molar-refractivity contribution in [3.05, 3.63) is 40.9 Å². The molecule has 0 aromatic heterocycles. The van der Waals surface area contributed by atoms with Gasteiger partial charge in [0.2, 0.25) is 17.7 Å². The van der Waals surface area contributed by atoms with Gasteiger partial charge in [-0.2, -0.15) is 0 Å². The molecule has 2 bridgehead atoms. The summed E-state index contributed by atoms with van der Waals surface area (Å²) >= 11 is 3.40. The van der Waals surface area contributed by atoms with Crippen molar-refractivity contribution in [2.24, 2.45) is 41.4 Å². The highest BCUT2D eigenvalue weighted by Crippen LogP contribution is 2.65. The van der Waals surface area contributed by atoms with E-state index >= 15 is 0 Å². The predicted molar refractivity (Wildman–Crippen MR) is 115 cm³/mol. The largest absolute Gasteiger partial charge is 0.326 e. The van der Waals surface area contributed by atoms with Gasteiger partial charge in [-0.15, -0.1) is 0 Å².